The summed E-state index contributed by atoms with van der Waals surface area (Å²) in [7, 11) is 1.38. The van der Waals surface area contributed by atoms with Gasteiger partial charge in [-0.25, -0.2) is 4.39 Å². The lowest BCUT2D eigenvalue weighted by Crippen LogP contribution is -2.34. The maximum Gasteiger partial charge on any atom is 0.320 e. The molecule has 1 aromatic rings. The van der Waals surface area contributed by atoms with Crippen LogP contribution in [0.25, 0.3) is 0 Å². The normalized spacial score (nSPS) is 22.8. The molecule has 0 unspecified atom stereocenters. The predicted molar refractivity (Wildman–Crippen MR) is 67.8 cm³/mol. The Kier molecular flexibility index (Phi) is 3.24. The van der Waals surface area contributed by atoms with Crippen molar-refractivity contribution in [3.8, 4) is 0 Å². The topological polar surface area (TPSA) is 26.3 Å². The number of rotatable bonds is 2. The van der Waals surface area contributed by atoms with Gasteiger partial charge in [0.05, 0.1) is 7.11 Å². The van der Waals surface area contributed by atoms with Gasteiger partial charge in [0.15, 0.2) is 0 Å². The molecule has 0 heterocycles. The molecule has 18 heavy (non-hydrogen) atoms. The van der Waals surface area contributed by atoms with Crippen LogP contribution in [-0.2, 0) is 14.9 Å². The van der Waals surface area contributed by atoms with E-state index >= 15 is 0 Å². The lowest BCUT2D eigenvalue weighted by Gasteiger charge is -2.26. The molecule has 0 bridgehead atoms. The number of carbonyl (C=O) groups is 1. The number of allylic oxidation sites excluding steroid dienone is 1. The second-order valence-corrected chi connectivity index (χ2v) is 4.87. The van der Waals surface area contributed by atoms with E-state index in [4.69, 9.17) is 4.74 Å². The van der Waals surface area contributed by atoms with Crippen molar-refractivity contribution in [3.63, 3.8) is 0 Å². The first-order chi connectivity index (χ1) is 8.51. The Morgan fingerprint density at radius 3 is 2.67 bits per heavy atom. The molecule has 2 rings (SSSR count). The SMILES string of the molecule is COC(=O)[C@@]1(c2cccc(F)c2C)C=C(C)CC1. The Balaban J connectivity index is 2.62. The third-order valence-electron chi connectivity index (χ3n) is 3.70. The fourth-order valence-corrected chi connectivity index (χ4v) is 2.72. The van der Waals surface area contributed by atoms with Crippen molar-refractivity contribution >= 4 is 5.97 Å². The highest BCUT2D eigenvalue weighted by molar-refractivity contribution is 5.87. The number of halogens is 1. The standard InChI is InChI=1S/C15H17FO2/c1-10-7-8-15(9-10,14(17)18-3)12-5-4-6-13(16)11(12)2/h4-6,9H,7-8H2,1-3H3/t15-/m1/s1. The summed E-state index contributed by atoms with van der Waals surface area (Å²) >= 11 is 0. The third kappa shape index (κ3) is 1.84. The van der Waals surface area contributed by atoms with E-state index < -0.39 is 5.41 Å². The van der Waals surface area contributed by atoms with E-state index in [1.54, 1.807) is 13.0 Å². The maximum atomic E-state index is 13.7. The summed E-state index contributed by atoms with van der Waals surface area (Å²) in [6, 6.07) is 4.86. The average molecular weight is 248 g/mol. The summed E-state index contributed by atoms with van der Waals surface area (Å²) in [4.78, 5) is 12.2. The molecule has 0 radical (unpaired) electrons. The van der Waals surface area contributed by atoms with Crippen LogP contribution in [0.15, 0.2) is 29.8 Å². The first-order valence-corrected chi connectivity index (χ1v) is 6.03. The molecule has 1 aliphatic rings. The van der Waals surface area contributed by atoms with Gasteiger partial charge in [-0.05, 0) is 43.9 Å². The molecule has 0 spiro atoms. The second-order valence-electron chi connectivity index (χ2n) is 4.87. The van der Waals surface area contributed by atoms with Crippen LogP contribution < -0.4 is 0 Å². The zero-order valence-electron chi connectivity index (χ0n) is 10.9. The van der Waals surface area contributed by atoms with Crippen molar-refractivity contribution in [3.05, 3.63) is 46.8 Å². The Bertz CT molecular complexity index is 519. The van der Waals surface area contributed by atoms with Crippen LogP contribution in [0.3, 0.4) is 0 Å². The molecule has 0 aromatic heterocycles. The largest absolute Gasteiger partial charge is 0.468 e. The molecule has 0 saturated heterocycles. The van der Waals surface area contributed by atoms with Gasteiger partial charge in [0.25, 0.3) is 0 Å². The number of benzene rings is 1. The molecule has 2 nitrogen and oxygen atoms in total. The maximum absolute atomic E-state index is 13.7. The number of hydrogen-bond acceptors (Lipinski definition) is 2. The number of methoxy groups -OCH3 is 1. The molecule has 0 fully saturated rings. The van der Waals surface area contributed by atoms with E-state index in [1.807, 2.05) is 19.1 Å². The Hall–Kier alpha value is -1.64. The van der Waals surface area contributed by atoms with Gasteiger partial charge in [-0.1, -0.05) is 23.8 Å². The molecular formula is C15H17FO2. The summed E-state index contributed by atoms with van der Waals surface area (Å²) < 4.78 is 18.6. The molecule has 0 N–H and O–H groups in total. The Morgan fingerprint density at radius 1 is 1.39 bits per heavy atom. The van der Waals surface area contributed by atoms with Gasteiger partial charge < -0.3 is 4.74 Å². The number of ether oxygens (including phenoxy) is 1. The van der Waals surface area contributed by atoms with E-state index in [9.17, 15) is 9.18 Å². The molecule has 1 aliphatic carbocycles. The monoisotopic (exact) mass is 248 g/mol. The van der Waals surface area contributed by atoms with Gasteiger partial charge in [0.1, 0.15) is 11.2 Å². The van der Waals surface area contributed by atoms with Crippen LogP contribution in [0.2, 0.25) is 0 Å². The van der Waals surface area contributed by atoms with Crippen LogP contribution in [0, 0.1) is 12.7 Å². The van der Waals surface area contributed by atoms with Crippen LogP contribution in [0.4, 0.5) is 4.39 Å². The minimum Gasteiger partial charge on any atom is -0.468 e. The summed E-state index contributed by atoms with van der Waals surface area (Å²) in [5.74, 6) is -0.596. The van der Waals surface area contributed by atoms with E-state index in [1.165, 1.54) is 13.2 Å². The molecule has 3 heteroatoms. The summed E-state index contributed by atoms with van der Waals surface area (Å²) in [6.07, 6.45) is 3.40. The van der Waals surface area contributed by atoms with Crippen LogP contribution >= 0.6 is 0 Å². The molecule has 1 atom stereocenters. The van der Waals surface area contributed by atoms with E-state index in [-0.39, 0.29) is 11.8 Å². The Labute approximate surface area is 106 Å². The van der Waals surface area contributed by atoms with Crippen LogP contribution in [-0.4, -0.2) is 13.1 Å². The second kappa shape index (κ2) is 4.56. The molecule has 96 valence electrons. The van der Waals surface area contributed by atoms with Crippen molar-refractivity contribution in [2.24, 2.45) is 0 Å². The Morgan fingerprint density at radius 2 is 2.11 bits per heavy atom. The van der Waals surface area contributed by atoms with Crippen LogP contribution in [0.1, 0.15) is 30.9 Å². The average Bonchev–Trinajstić information content (AvgIpc) is 2.75. The molecule has 1 aromatic carbocycles. The van der Waals surface area contributed by atoms with Crippen molar-refractivity contribution < 1.29 is 13.9 Å². The van der Waals surface area contributed by atoms with Crippen molar-refractivity contribution in [2.75, 3.05) is 7.11 Å². The summed E-state index contributed by atoms with van der Waals surface area (Å²) in [5.41, 5.74) is 1.56. The highest BCUT2D eigenvalue weighted by Gasteiger charge is 2.43. The van der Waals surface area contributed by atoms with Gasteiger partial charge >= 0.3 is 5.97 Å². The van der Waals surface area contributed by atoms with E-state index in [0.29, 0.717) is 17.5 Å². The number of esters is 1. The predicted octanol–water partition coefficient (Wildman–Crippen LogP) is 3.29. The van der Waals surface area contributed by atoms with Crippen molar-refractivity contribution in [2.45, 2.75) is 32.1 Å². The van der Waals surface area contributed by atoms with E-state index in [2.05, 4.69) is 0 Å². The lowest BCUT2D eigenvalue weighted by molar-refractivity contribution is -0.145. The van der Waals surface area contributed by atoms with E-state index in [0.717, 1.165) is 12.0 Å². The summed E-state index contributed by atoms with van der Waals surface area (Å²) in [5, 5.41) is 0. The fourth-order valence-electron chi connectivity index (χ4n) is 2.72. The molecular weight excluding hydrogens is 231 g/mol. The number of carbonyl (C=O) groups excluding carboxylic acids is 1. The van der Waals surface area contributed by atoms with Gasteiger partial charge in [-0.15, -0.1) is 0 Å². The zero-order valence-corrected chi connectivity index (χ0v) is 10.9. The van der Waals surface area contributed by atoms with Gasteiger partial charge in [-0.2, -0.15) is 0 Å². The highest BCUT2D eigenvalue weighted by atomic mass is 19.1. The molecule has 0 amide bonds. The fraction of sp³-hybridized carbons (Fsp3) is 0.400. The lowest BCUT2D eigenvalue weighted by atomic mass is 9.78. The van der Waals surface area contributed by atoms with Gasteiger partial charge in [-0.3, -0.25) is 4.79 Å². The van der Waals surface area contributed by atoms with Crippen molar-refractivity contribution in [1.29, 1.82) is 0 Å². The van der Waals surface area contributed by atoms with Crippen molar-refractivity contribution in [1.82, 2.24) is 0 Å². The molecule has 0 aliphatic heterocycles. The minimum atomic E-state index is -0.814. The van der Waals surface area contributed by atoms with Gasteiger partial charge in [0, 0.05) is 0 Å². The first kappa shape index (κ1) is 12.8. The minimum absolute atomic E-state index is 0.284. The quantitative estimate of drug-likeness (QED) is 0.593. The first-order valence-electron chi connectivity index (χ1n) is 6.03. The zero-order chi connectivity index (χ0) is 13.3. The molecule has 0 saturated carbocycles. The smallest absolute Gasteiger partial charge is 0.320 e. The van der Waals surface area contributed by atoms with Crippen LogP contribution in [0.5, 0.6) is 0 Å². The summed E-state index contributed by atoms with van der Waals surface area (Å²) in [6.45, 7) is 3.69. The third-order valence-corrected chi connectivity index (χ3v) is 3.70. The highest BCUT2D eigenvalue weighted by Crippen LogP contribution is 2.41. The number of hydrogen-bond donors (Lipinski definition) is 0. The van der Waals surface area contributed by atoms with Gasteiger partial charge in [0.2, 0.25) is 0 Å².